The number of sulfonamides is 1. The number of ether oxygens (including phenoxy) is 1. The van der Waals surface area contributed by atoms with E-state index in [1.165, 1.54) is 13.1 Å². The van der Waals surface area contributed by atoms with Gasteiger partial charge in [0, 0.05) is 13.2 Å². The Morgan fingerprint density at radius 2 is 2.16 bits per heavy atom. The normalized spacial score (nSPS) is 11.6. The maximum absolute atomic E-state index is 12.2. The van der Waals surface area contributed by atoms with E-state index in [1.807, 2.05) is 0 Å². The molecule has 1 heterocycles. The fraction of sp³-hybridized carbons (Fsp3) is 0.455. The summed E-state index contributed by atoms with van der Waals surface area (Å²) < 4.78 is 30.0. The predicted molar refractivity (Wildman–Crippen MR) is 70.4 cm³/mol. The Balaban J connectivity index is 2.96. The minimum absolute atomic E-state index is 0.0128. The SMILES string of the molecule is CCOC(=O)CN(C)S(=O)(=O)c1cnc(Cl)c(C)c1. The highest BCUT2D eigenvalue weighted by Crippen LogP contribution is 2.18. The summed E-state index contributed by atoms with van der Waals surface area (Å²) in [4.78, 5) is 15.1. The van der Waals surface area contributed by atoms with Gasteiger partial charge in [-0.3, -0.25) is 4.79 Å². The Hall–Kier alpha value is -1.18. The van der Waals surface area contributed by atoms with Gasteiger partial charge in [-0.05, 0) is 25.5 Å². The fourth-order valence-electron chi connectivity index (χ4n) is 1.33. The van der Waals surface area contributed by atoms with Crippen LogP contribution in [0.4, 0.5) is 0 Å². The first-order valence-corrected chi connectivity index (χ1v) is 7.35. The Bertz CT molecular complexity index is 574. The maximum atomic E-state index is 12.2. The zero-order valence-corrected chi connectivity index (χ0v) is 12.5. The molecule has 0 aliphatic heterocycles. The summed E-state index contributed by atoms with van der Waals surface area (Å²) in [6, 6.07) is 1.41. The quantitative estimate of drug-likeness (QED) is 0.604. The molecule has 0 N–H and O–H groups in total. The van der Waals surface area contributed by atoms with Crippen LogP contribution in [0.15, 0.2) is 17.2 Å². The number of pyridine rings is 1. The molecular formula is C11H15ClN2O4S. The molecule has 1 aromatic rings. The molecule has 0 saturated heterocycles. The van der Waals surface area contributed by atoms with Crippen molar-refractivity contribution in [3.05, 3.63) is 23.0 Å². The van der Waals surface area contributed by atoms with Crippen molar-refractivity contribution in [2.75, 3.05) is 20.2 Å². The largest absolute Gasteiger partial charge is 0.465 e. The minimum Gasteiger partial charge on any atom is -0.465 e. The molecule has 1 rings (SSSR count). The van der Waals surface area contributed by atoms with Crippen LogP contribution in [0.1, 0.15) is 12.5 Å². The first kappa shape index (κ1) is 15.9. The number of aromatic nitrogens is 1. The monoisotopic (exact) mass is 306 g/mol. The lowest BCUT2D eigenvalue weighted by atomic mass is 10.3. The van der Waals surface area contributed by atoms with Crippen LogP contribution in [0, 0.1) is 6.92 Å². The number of hydrogen-bond acceptors (Lipinski definition) is 5. The van der Waals surface area contributed by atoms with Crippen LogP contribution < -0.4 is 0 Å². The highest BCUT2D eigenvalue weighted by molar-refractivity contribution is 7.89. The molecule has 0 spiro atoms. The van der Waals surface area contributed by atoms with Crippen LogP contribution in [-0.2, 0) is 19.6 Å². The topological polar surface area (TPSA) is 76.6 Å². The third-order valence-corrected chi connectivity index (χ3v) is 4.52. The Morgan fingerprint density at radius 3 is 2.68 bits per heavy atom. The van der Waals surface area contributed by atoms with Gasteiger partial charge in [-0.15, -0.1) is 0 Å². The molecule has 0 fully saturated rings. The average Bonchev–Trinajstić information content (AvgIpc) is 2.32. The second-order valence-electron chi connectivity index (χ2n) is 3.84. The summed E-state index contributed by atoms with van der Waals surface area (Å²) in [6.45, 7) is 3.16. The number of carbonyl (C=O) groups is 1. The summed E-state index contributed by atoms with van der Waals surface area (Å²) in [5.74, 6) is -0.604. The van der Waals surface area contributed by atoms with E-state index in [0.29, 0.717) is 5.56 Å². The molecule has 0 aliphatic carbocycles. The second-order valence-corrected chi connectivity index (χ2v) is 6.25. The molecule has 0 aliphatic rings. The number of carbonyl (C=O) groups excluding carboxylic acids is 1. The van der Waals surface area contributed by atoms with Crippen molar-refractivity contribution in [3.8, 4) is 0 Å². The molecule has 0 atom stereocenters. The molecule has 8 heteroatoms. The van der Waals surface area contributed by atoms with Crippen LogP contribution >= 0.6 is 11.6 Å². The molecule has 0 aromatic carbocycles. The molecule has 0 unspecified atom stereocenters. The summed E-state index contributed by atoms with van der Waals surface area (Å²) >= 11 is 5.74. The van der Waals surface area contributed by atoms with Gasteiger partial charge in [0.25, 0.3) is 0 Å². The van der Waals surface area contributed by atoms with E-state index in [2.05, 4.69) is 4.98 Å². The summed E-state index contributed by atoms with van der Waals surface area (Å²) in [7, 11) is -2.48. The highest BCUT2D eigenvalue weighted by Gasteiger charge is 2.24. The van der Waals surface area contributed by atoms with Gasteiger partial charge in [0.15, 0.2) is 0 Å². The lowest BCUT2D eigenvalue weighted by molar-refractivity contribution is -0.143. The smallest absolute Gasteiger partial charge is 0.321 e. The van der Waals surface area contributed by atoms with E-state index >= 15 is 0 Å². The molecule has 0 radical (unpaired) electrons. The van der Waals surface area contributed by atoms with Crippen molar-refractivity contribution in [1.29, 1.82) is 0 Å². The molecule has 19 heavy (non-hydrogen) atoms. The van der Waals surface area contributed by atoms with Gasteiger partial charge in [-0.2, -0.15) is 4.31 Å². The van der Waals surface area contributed by atoms with Crippen molar-refractivity contribution in [2.24, 2.45) is 0 Å². The lowest BCUT2D eigenvalue weighted by Crippen LogP contribution is -2.33. The fourth-order valence-corrected chi connectivity index (χ4v) is 2.58. The van der Waals surface area contributed by atoms with Crippen molar-refractivity contribution < 1.29 is 17.9 Å². The van der Waals surface area contributed by atoms with Crippen molar-refractivity contribution in [3.63, 3.8) is 0 Å². The zero-order chi connectivity index (χ0) is 14.6. The van der Waals surface area contributed by atoms with E-state index in [-0.39, 0.29) is 23.2 Å². The van der Waals surface area contributed by atoms with Crippen molar-refractivity contribution in [2.45, 2.75) is 18.7 Å². The molecule has 6 nitrogen and oxygen atoms in total. The number of likely N-dealkylation sites (N-methyl/N-ethyl adjacent to an activating group) is 1. The minimum atomic E-state index is -3.78. The summed E-state index contributed by atoms with van der Waals surface area (Å²) in [5, 5.41) is 0.243. The first-order valence-electron chi connectivity index (χ1n) is 5.53. The van der Waals surface area contributed by atoms with Gasteiger partial charge >= 0.3 is 5.97 Å². The predicted octanol–water partition coefficient (Wildman–Crippen LogP) is 1.23. The van der Waals surface area contributed by atoms with E-state index in [0.717, 1.165) is 10.5 Å². The van der Waals surface area contributed by atoms with Gasteiger partial charge in [0.1, 0.15) is 16.6 Å². The van der Waals surface area contributed by atoms with Crippen LogP contribution in [0.2, 0.25) is 5.15 Å². The number of esters is 1. The van der Waals surface area contributed by atoms with Gasteiger partial charge in [0.2, 0.25) is 10.0 Å². The van der Waals surface area contributed by atoms with E-state index < -0.39 is 16.0 Å². The Kier molecular flexibility index (Phi) is 5.28. The molecule has 0 saturated carbocycles. The number of aryl methyl sites for hydroxylation is 1. The third-order valence-electron chi connectivity index (χ3n) is 2.35. The molecule has 0 bridgehead atoms. The molecule has 1 aromatic heterocycles. The van der Waals surface area contributed by atoms with E-state index in [1.54, 1.807) is 13.8 Å². The first-order chi connectivity index (χ1) is 8.78. The van der Waals surface area contributed by atoms with Gasteiger partial charge in [-0.1, -0.05) is 11.6 Å². The van der Waals surface area contributed by atoms with E-state index in [9.17, 15) is 13.2 Å². The highest BCUT2D eigenvalue weighted by atomic mass is 35.5. The molecular weight excluding hydrogens is 292 g/mol. The number of halogens is 1. The number of rotatable bonds is 5. The zero-order valence-electron chi connectivity index (χ0n) is 10.9. The van der Waals surface area contributed by atoms with Gasteiger partial charge < -0.3 is 4.74 Å². The lowest BCUT2D eigenvalue weighted by Gasteiger charge is -2.16. The summed E-state index contributed by atoms with van der Waals surface area (Å²) in [6.07, 6.45) is 1.16. The van der Waals surface area contributed by atoms with Crippen LogP contribution in [-0.4, -0.2) is 43.9 Å². The number of nitrogens with zero attached hydrogens (tertiary/aromatic N) is 2. The van der Waals surface area contributed by atoms with Crippen molar-refractivity contribution in [1.82, 2.24) is 9.29 Å². The van der Waals surface area contributed by atoms with Crippen LogP contribution in [0.3, 0.4) is 0 Å². The Labute approximate surface area is 117 Å². The molecule has 106 valence electrons. The van der Waals surface area contributed by atoms with Crippen molar-refractivity contribution >= 4 is 27.6 Å². The second kappa shape index (κ2) is 6.31. The molecule has 0 amide bonds. The maximum Gasteiger partial charge on any atom is 0.321 e. The Morgan fingerprint density at radius 1 is 1.53 bits per heavy atom. The summed E-state index contributed by atoms with van der Waals surface area (Å²) in [5.41, 5.74) is 0.548. The third kappa shape index (κ3) is 3.89. The van der Waals surface area contributed by atoms with Crippen LogP contribution in [0.5, 0.6) is 0 Å². The number of hydrogen-bond donors (Lipinski definition) is 0. The average molecular weight is 307 g/mol. The van der Waals surface area contributed by atoms with Gasteiger partial charge in [0.05, 0.1) is 6.61 Å². The van der Waals surface area contributed by atoms with Crippen LogP contribution in [0.25, 0.3) is 0 Å². The van der Waals surface area contributed by atoms with Gasteiger partial charge in [-0.25, -0.2) is 13.4 Å². The standard InChI is InChI=1S/C11H15ClN2O4S/c1-4-18-10(15)7-14(3)19(16,17)9-5-8(2)11(12)13-6-9/h5-6H,4,7H2,1-3H3. The van der Waals surface area contributed by atoms with E-state index in [4.69, 9.17) is 16.3 Å².